The van der Waals surface area contributed by atoms with Crippen LogP contribution in [0.2, 0.25) is 0 Å². The maximum absolute atomic E-state index is 11.4. The lowest BCUT2D eigenvalue weighted by Crippen LogP contribution is -2.46. The van der Waals surface area contributed by atoms with Gasteiger partial charge in [0.1, 0.15) is 5.69 Å². The van der Waals surface area contributed by atoms with E-state index in [-0.39, 0.29) is 11.3 Å². The number of aryl methyl sites for hydroxylation is 1. The van der Waals surface area contributed by atoms with Crippen molar-refractivity contribution in [1.29, 1.82) is 0 Å². The molecule has 8 nitrogen and oxygen atoms in total. The summed E-state index contributed by atoms with van der Waals surface area (Å²) in [6.07, 6.45) is 0. The molecule has 9 heteroatoms. The van der Waals surface area contributed by atoms with Gasteiger partial charge in [-0.05, 0) is 19.1 Å². The monoisotopic (exact) mass is 361 g/mol. The molecule has 1 saturated heterocycles. The zero-order valence-electron chi connectivity index (χ0n) is 13.8. The topological polar surface area (TPSA) is 106 Å². The van der Waals surface area contributed by atoms with Gasteiger partial charge < -0.3 is 10.6 Å². The molecule has 3 rings (SSSR count). The van der Waals surface area contributed by atoms with Crippen LogP contribution in [-0.4, -0.2) is 46.9 Å². The average molecular weight is 361 g/mol. The van der Waals surface area contributed by atoms with Crippen LogP contribution in [0.15, 0.2) is 23.6 Å². The van der Waals surface area contributed by atoms with Gasteiger partial charge in [-0.3, -0.25) is 19.8 Å². The highest BCUT2D eigenvalue weighted by atomic mass is 32.1. The lowest BCUT2D eigenvalue weighted by atomic mass is 10.1. The predicted octanol–water partition coefficient (Wildman–Crippen LogP) is 1.78. The number of piperazine rings is 1. The third-order valence-electron chi connectivity index (χ3n) is 4.22. The summed E-state index contributed by atoms with van der Waals surface area (Å²) in [7, 11) is 0. The van der Waals surface area contributed by atoms with Crippen LogP contribution in [0.25, 0.3) is 0 Å². The van der Waals surface area contributed by atoms with Crippen molar-refractivity contribution in [2.24, 2.45) is 5.73 Å². The molecule has 1 fully saturated rings. The van der Waals surface area contributed by atoms with Crippen LogP contribution >= 0.6 is 11.3 Å². The SMILES string of the molecule is Cc1nc(CN2CCN(c3ccc(C(N)=O)cc3[N+](=O)[O-])CC2)cs1. The molecule has 132 valence electrons. The lowest BCUT2D eigenvalue weighted by molar-refractivity contribution is -0.384. The summed E-state index contributed by atoms with van der Waals surface area (Å²) in [6, 6.07) is 4.40. The summed E-state index contributed by atoms with van der Waals surface area (Å²) in [5, 5.41) is 14.5. The Morgan fingerprint density at radius 2 is 2.08 bits per heavy atom. The van der Waals surface area contributed by atoms with Crippen molar-refractivity contribution in [3.63, 3.8) is 0 Å². The first-order valence-corrected chi connectivity index (χ1v) is 8.78. The number of nitro benzene ring substituents is 1. The molecule has 1 amide bonds. The van der Waals surface area contributed by atoms with Gasteiger partial charge in [0.15, 0.2) is 0 Å². The van der Waals surface area contributed by atoms with E-state index in [0.29, 0.717) is 18.8 Å². The molecule has 2 N–H and O–H groups in total. The molecule has 1 aromatic carbocycles. The summed E-state index contributed by atoms with van der Waals surface area (Å²) in [5.41, 5.74) is 6.87. The molecule has 2 heterocycles. The molecule has 1 aliphatic heterocycles. The number of aromatic nitrogens is 1. The van der Waals surface area contributed by atoms with Gasteiger partial charge in [-0.1, -0.05) is 0 Å². The molecule has 0 saturated carbocycles. The van der Waals surface area contributed by atoms with Crippen molar-refractivity contribution in [3.05, 3.63) is 50.0 Å². The number of hydrogen-bond acceptors (Lipinski definition) is 7. The first kappa shape index (κ1) is 17.3. The molecule has 0 spiro atoms. The van der Waals surface area contributed by atoms with E-state index in [1.165, 1.54) is 12.1 Å². The fourth-order valence-electron chi connectivity index (χ4n) is 2.95. The van der Waals surface area contributed by atoms with Gasteiger partial charge in [0.2, 0.25) is 5.91 Å². The Morgan fingerprint density at radius 3 is 2.64 bits per heavy atom. The van der Waals surface area contributed by atoms with Crippen LogP contribution in [0.4, 0.5) is 11.4 Å². The number of thiazole rings is 1. The Bertz CT molecular complexity index is 799. The minimum Gasteiger partial charge on any atom is -0.366 e. The molecule has 1 aromatic heterocycles. The molecule has 0 aliphatic carbocycles. The molecule has 2 aromatic rings. The van der Waals surface area contributed by atoms with Crippen molar-refractivity contribution in [2.75, 3.05) is 31.1 Å². The summed E-state index contributed by atoms with van der Waals surface area (Å²) >= 11 is 1.64. The lowest BCUT2D eigenvalue weighted by Gasteiger charge is -2.35. The van der Waals surface area contributed by atoms with E-state index in [2.05, 4.69) is 15.3 Å². The third kappa shape index (κ3) is 3.94. The number of rotatable bonds is 5. The van der Waals surface area contributed by atoms with E-state index in [1.54, 1.807) is 17.4 Å². The zero-order valence-corrected chi connectivity index (χ0v) is 14.7. The van der Waals surface area contributed by atoms with Crippen molar-refractivity contribution in [2.45, 2.75) is 13.5 Å². The first-order chi connectivity index (χ1) is 11.9. The number of amides is 1. The fraction of sp³-hybridized carbons (Fsp3) is 0.375. The Hall–Kier alpha value is -2.52. The fourth-order valence-corrected chi connectivity index (χ4v) is 3.55. The van der Waals surface area contributed by atoms with Crippen LogP contribution in [0.5, 0.6) is 0 Å². The number of nitro groups is 1. The van der Waals surface area contributed by atoms with Crippen LogP contribution in [0.1, 0.15) is 21.1 Å². The van der Waals surface area contributed by atoms with Crippen LogP contribution < -0.4 is 10.6 Å². The van der Waals surface area contributed by atoms with E-state index in [4.69, 9.17) is 5.73 Å². The van der Waals surface area contributed by atoms with Crippen LogP contribution in [0.3, 0.4) is 0 Å². The maximum Gasteiger partial charge on any atom is 0.293 e. The van der Waals surface area contributed by atoms with E-state index in [9.17, 15) is 14.9 Å². The summed E-state index contributed by atoms with van der Waals surface area (Å²) in [6.45, 7) is 5.73. The van der Waals surface area contributed by atoms with Gasteiger partial charge in [-0.15, -0.1) is 11.3 Å². The second-order valence-corrected chi connectivity index (χ2v) is 7.01. The van der Waals surface area contributed by atoms with E-state index < -0.39 is 10.8 Å². The van der Waals surface area contributed by atoms with Crippen LogP contribution in [0, 0.1) is 17.0 Å². The number of carbonyl (C=O) groups is 1. The van der Waals surface area contributed by atoms with Crippen LogP contribution in [-0.2, 0) is 6.54 Å². The van der Waals surface area contributed by atoms with Gasteiger partial charge >= 0.3 is 0 Å². The minimum absolute atomic E-state index is 0.0834. The third-order valence-corrected chi connectivity index (χ3v) is 5.04. The number of anilines is 1. The largest absolute Gasteiger partial charge is 0.366 e. The molecule has 0 unspecified atom stereocenters. The van der Waals surface area contributed by atoms with Gasteiger partial charge in [0.05, 0.1) is 15.6 Å². The van der Waals surface area contributed by atoms with Gasteiger partial charge in [0.25, 0.3) is 5.69 Å². The summed E-state index contributed by atoms with van der Waals surface area (Å²) in [4.78, 5) is 30.9. The number of hydrogen-bond donors (Lipinski definition) is 1. The molecule has 0 bridgehead atoms. The van der Waals surface area contributed by atoms with E-state index >= 15 is 0 Å². The number of nitrogens with zero attached hydrogens (tertiary/aromatic N) is 4. The Morgan fingerprint density at radius 1 is 1.36 bits per heavy atom. The maximum atomic E-state index is 11.4. The van der Waals surface area contributed by atoms with Gasteiger partial charge in [-0.25, -0.2) is 4.98 Å². The molecule has 0 atom stereocenters. The molecule has 1 aliphatic rings. The standard InChI is InChI=1S/C16H19N5O3S/c1-11-18-13(10-25-11)9-19-4-6-20(7-5-19)14-3-2-12(16(17)22)8-15(14)21(23)24/h2-3,8,10H,4-7,9H2,1H3,(H2,17,22). The highest BCUT2D eigenvalue weighted by Crippen LogP contribution is 2.30. The number of primary amides is 1. The quantitative estimate of drug-likeness (QED) is 0.643. The van der Waals surface area contributed by atoms with E-state index in [1.807, 2.05) is 11.8 Å². The minimum atomic E-state index is -0.668. The van der Waals surface area contributed by atoms with E-state index in [0.717, 1.165) is 30.3 Å². The smallest absolute Gasteiger partial charge is 0.293 e. The summed E-state index contributed by atoms with van der Waals surface area (Å²) < 4.78 is 0. The van der Waals surface area contributed by atoms with Crippen molar-refractivity contribution in [1.82, 2.24) is 9.88 Å². The summed E-state index contributed by atoms with van der Waals surface area (Å²) in [5.74, 6) is -0.668. The molecular formula is C16H19N5O3S. The molecular weight excluding hydrogens is 342 g/mol. The van der Waals surface area contributed by atoms with Crippen molar-refractivity contribution in [3.8, 4) is 0 Å². The number of nitrogens with two attached hydrogens (primary N) is 1. The Balaban J connectivity index is 1.70. The Kier molecular flexibility index (Phi) is 4.95. The molecule has 0 radical (unpaired) electrons. The first-order valence-electron chi connectivity index (χ1n) is 7.90. The van der Waals surface area contributed by atoms with Crippen molar-refractivity contribution >= 4 is 28.6 Å². The highest BCUT2D eigenvalue weighted by molar-refractivity contribution is 7.09. The number of benzene rings is 1. The average Bonchev–Trinajstić information content (AvgIpc) is 3.00. The number of carbonyl (C=O) groups excluding carboxylic acids is 1. The van der Waals surface area contributed by atoms with Gasteiger partial charge in [0, 0.05) is 49.7 Å². The van der Waals surface area contributed by atoms with Gasteiger partial charge in [-0.2, -0.15) is 0 Å². The second-order valence-electron chi connectivity index (χ2n) is 5.95. The van der Waals surface area contributed by atoms with Crippen molar-refractivity contribution < 1.29 is 9.72 Å². The highest BCUT2D eigenvalue weighted by Gasteiger charge is 2.25. The second kappa shape index (κ2) is 7.16. The predicted molar refractivity (Wildman–Crippen MR) is 96.0 cm³/mol. The Labute approximate surface area is 149 Å². The zero-order chi connectivity index (χ0) is 18.0. The molecule has 25 heavy (non-hydrogen) atoms. The normalized spacial score (nSPS) is 15.3.